The second kappa shape index (κ2) is 6.88. The predicted molar refractivity (Wildman–Crippen MR) is 31.3 cm³/mol. The van der Waals surface area contributed by atoms with E-state index < -0.39 is 0 Å². The molecule has 0 radical (unpaired) electrons. The highest BCUT2D eigenvalue weighted by Crippen LogP contribution is 1.69. The molecular formula is C5H13NO2. The normalized spacial score (nSPS) is 9.75. The number of hydroxylamine groups is 1. The Morgan fingerprint density at radius 1 is 1.62 bits per heavy atom. The molecule has 0 atom stereocenters. The maximum atomic E-state index is 8.20. The van der Waals surface area contributed by atoms with Gasteiger partial charge in [-0.1, -0.05) is 6.92 Å². The first-order valence-corrected chi connectivity index (χ1v) is 2.87. The Hall–Kier alpha value is -0.120. The van der Waals surface area contributed by atoms with Gasteiger partial charge in [0.25, 0.3) is 0 Å². The third kappa shape index (κ3) is 5.88. The van der Waals surface area contributed by atoms with Crippen LogP contribution < -0.4 is 5.48 Å². The summed E-state index contributed by atoms with van der Waals surface area (Å²) in [7, 11) is 0. The van der Waals surface area contributed by atoms with Crippen LogP contribution in [0.4, 0.5) is 0 Å². The predicted octanol–water partition coefficient (Wildman–Crippen LogP) is -0.0901. The van der Waals surface area contributed by atoms with Gasteiger partial charge >= 0.3 is 0 Å². The summed E-state index contributed by atoms with van der Waals surface area (Å²) in [6.07, 6.45) is 1.05. The number of aliphatic hydroxyl groups is 1. The maximum absolute atomic E-state index is 8.20. The van der Waals surface area contributed by atoms with Crippen LogP contribution in [0.2, 0.25) is 0 Å². The van der Waals surface area contributed by atoms with E-state index in [0.717, 1.165) is 13.0 Å². The molecule has 3 heteroatoms. The molecule has 0 aliphatic rings. The SMILES string of the molecule is CCCNOCCO. The van der Waals surface area contributed by atoms with E-state index in [1.165, 1.54) is 0 Å². The Morgan fingerprint density at radius 2 is 2.38 bits per heavy atom. The van der Waals surface area contributed by atoms with Crippen molar-refractivity contribution in [3.63, 3.8) is 0 Å². The lowest BCUT2D eigenvalue weighted by atomic mass is 10.5. The van der Waals surface area contributed by atoms with Crippen LogP contribution in [0.25, 0.3) is 0 Å². The van der Waals surface area contributed by atoms with Crippen molar-refractivity contribution in [1.82, 2.24) is 5.48 Å². The van der Waals surface area contributed by atoms with Gasteiger partial charge in [0.1, 0.15) is 0 Å². The smallest absolute Gasteiger partial charge is 0.0913 e. The van der Waals surface area contributed by atoms with Crippen LogP contribution in [-0.4, -0.2) is 24.9 Å². The molecule has 0 amide bonds. The van der Waals surface area contributed by atoms with Gasteiger partial charge in [-0.3, -0.25) is 4.84 Å². The van der Waals surface area contributed by atoms with Crippen molar-refractivity contribution in [1.29, 1.82) is 0 Å². The Balaban J connectivity index is 2.53. The van der Waals surface area contributed by atoms with E-state index in [1.54, 1.807) is 0 Å². The van der Waals surface area contributed by atoms with E-state index in [1.807, 2.05) is 0 Å². The molecular weight excluding hydrogens is 106 g/mol. The molecule has 0 saturated heterocycles. The van der Waals surface area contributed by atoms with Crippen molar-refractivity contribution in [3.8, 4) is 0 Å². The molecule has 0 aromatic heterocycles. The van der Waals surface area contributed by atoms with Gasteiger partial charge in [-0.05, 0) is 6.42 Å². The first-order chi connectivity index (χ1) is 3.91. The number of rotatable bonds is 5. The molecule has 50 valence electrons. The Morgan fingerprint density at radius 3 is 2.88 bits per heavy atom. The summed E-state index contributed by atoms with van der Waals surface area (Å²) in [5, 5.41) is 8.20. The summed E-state index contributed by atoms with van der Waals surface area (Å²) < 4.78 is 0. The van der Waals surface area contributed by atoms with Gasteiger partial charge < -0.3 is 5.11 Å². The first kappa shape index (κ1) is 7.88. The minimum absolute atomic E-state index is 0.0801. The Kier molecular flexibility index (Phi) is 6.78. The van der Waals surface area contributed by atoms with Crippen molar-refractivity contribution in [3.05, 3.63) is 0 Å². The van der Waals surface area contributed by atoms with Crippen molar-refractivity contribution in [2.75, 3.05) is 19.8 Å². The maximum Gasteiger partial charge on any atom is 0.0913 e. The Bertz CT molecular complexity index is 35.4. The zero-order valence-electron chi connectivity index (χ0n) is 5.18. The number of nitrogens with one attached hydrogen (secondary N) is 1. The van der Waals surface area contributed by atoms with E-state index in [2.05, 4.69) is 12.4 Å². The van der Waals surface area contributed by atoms with Gasteiger partial charge in [0.15, 0.2) is 0 Å². The highest BCUT2D eigenvalue weighted by Gasteiger charge is 1.80. The van der Waals surface area contributed by atoms with Crippen molar-refractivity contribution < 1.29 is 9.94 Å². The van der Waals surface area contributed by atoms with E-state index in [-0.39, 0.29) is 6.61 Å². The zero-order valence-corrected chi connectivity index (χ0v) is 5.18. The van der Waals surface area contributed by atoms with Crippen molar-refractivity contribution in [2.24, 2.45) is 0 Å². The number of aliphatic hydroxyl groups excluding tert-OH is 1. The van der Waals surface area contributed by atoms with Crippen LogP contribution in [0, 0.1) is 0 Å². The molecule has 0 aromatic carbocycles. The van der Waals surface area contributed by atoms with Crippen molar-refractivity contribution >= 4 is 0 Å². The van der Waals surface area contributed by atoms with E-state index in [0.29, 0.717) is 6.61 Å². The summed E-state index contributed by atoms with van der Waals surface area (Å²) in [5.41, 5.74) is 2.68. The fourth-order valence-corrected chi connectivity index (χ4v) is 0.292. The monoisotopic (exact) mass is 119 g/mol. The molecule has 2 N–H and O–H groups in total. The lowest BCUT2D eigenvalue weighted by Gasteiger charge is -1.99. The summed E-state index contributed by atoms with van der Waals surface area (Å²) in [5.74, 6) is 0. The Labute approximate surface area is 49.6 Å². The largest absolute Gasteiger partial charge is 0.394 e. The third-order valence-corrected chi connectivity index (χ3v) is 0.647. The molecule has 3 nitrogen and oxygen atoms in total. The average molecular weight is 119 g/mol. The molecule has 0 heterocycles. The second-order valence-electron chi connectivity index (χ2n) is 1.47. The standard InChI is InChI=1S/C5H13NO2/c1-2-3-6-8-5-4-7/h6-7H,2-5H2,1H3. The zero-order chi connectivity index (χ0) is 6.24. The van der Waals surface area contributed by atoms with Gasteiger partial charge in [-0.2, -0.15) is 0 Å². The van der Waals surface area contributed by atoms with Crippen LogP contribution in [-0.2, 0) is 4.84 Å². The molecule has 0 bridgehead atoms. The quantitative estimate of drug-likeness (QED) is 0.392. The molecule has 0 aliphatic heterocycles. The molecule has 0 rings (SSSR count). The van der Waals surface area contributed by atoms with Crippen molar-refractivity contribution in [2.45, 2.75) is 13.3 Å². The van der Waals surface area contributed by atoms with Gasteiger partial charge in [0.05, 0.1) is 13.2 Å². The van der Waals surface area contributed by atoms with Crippen LogP contribution in [0.1, 0.15) is 13.3 Å². The molecule has 0 fully saturated rings. The molecule has 0 aliphatic carbocycles. The van der Waals surface area contributed by atoms with Gasteiger partial charge in [-0.15, -0.1) is 0 Å². The van der Waals surface area contributed by atoms with E-state index >= 15 is 0 Å². The average Bonchev–Trinajstić information content (AvgIpc) is 1.81. The first-order valence-electron chi connectivity index (χ1n) is 2.87. The summed E-state index contributed by atoms with van der Waals surface area (Å²) in [6, 6.07) is 0. The van der Waals surface area contributed by atoms with Gasteiger partial charge in [0.2, 0.25) is 0 Å². The molecule has 0 spiro atoms. The van der Waals surface area contributed by atoms with Crippen LogP contribution >= 0.6 is 0 Å². The number of hydrogen-bond acceptors (Lipinski definition) is 3. The summed E-state index contributed by atoms with van der Waals surface area (Å²) >= 11 is 0. The minimum Gasteiger partial charge on any atom is -0.394 e. The van der Waals surface area contributed by atoms with E-state index in [9.17, 15) is 0 Å². The molecule has 8 heavy (non-hydrogen) atoms. The summed E-state index contributed by atoms with van der Waals surface area (Å²) in [4.78, 5) is 4.72. The van der Waals surface area contributed by atoms with Crippen LogP contribution in [0.5, 0.6) is 0 Å². The molecule has 0 aromatic rings. The molecule has 0 unspecified atom stereocenters. The third-order valence-electron chi connectivity index (χ3n) is 0.647. The fraction of sp³-hybridized carbons (Fsp3) is 1.00. The topological polar surface area (TPSA) is 41.5 Å². The van der Waals surface area contributed by atoms with Gasteiger partial charge in [0, 0.05) is 6.54 Å². The van der Waals surface area contributed by atoms with Gasteiger partial charge in [-0.25, -0.2) is 5.48 Å². The molecule has 0 saturated carbocycles. The van der Waals surface area contributed by atoms with E-state index in [4.69, 9.17) is 9.94 Å². The summed E-state index contributed by atoms with van der Waals surface area (Å²) in [6.45, 7) is 3.35. The van der Waals surface area contributed by atoms with Crippen LogP contribution in [0.3, 0.4) is 0 Å². The fourth-order valence-electron chi connectivity index (χ4n) is 0.292. The highest BCUT2D eigenvalue weighted by atomic mass is 16.6. The lowest BCUT2D eigenvalue weighted by Crippen LogP contribution is -2.17. The second-order valence-corrected chi connectivity index (χ2v) is 1.47. The number of hydrogen-bond donors (Lipinski definition) is 2. The lowest BCUT2D eigenvalue weighted by molar-refractivity contribution is 0.0179. The van der Waals surface area contributed by atoms with Crippen LogP contribution in [0.15, 0.2) is 0 Å². The highest BCUT2D eigenvalue weighted by molar-refractivity contribution is 4.26. The minimum atomic E-state index is 0.0801.